The van der Waals surface area contributed by atoms with Crippen LogP contribution in [-0.2, 0) is 57.8 Å². The number of carbonyl (C=O) groups is 8. The van der Waals surface area contributed by atoms with Crippen molar-refractivity contribution in [2.24, 2.45) is 33.8 Å². The fourth-order valence-corrected chi connectivity index (χ4v) is 17.7. The monoisotopic (exact) mass is 1450 g/mol. The first kappa shape index (κ1) is 75.7. The number of nitrogens with two attached hydrogens (primary N) is 1. The van der Waals surface area contributed by atoms with Crippen molar-refractivity contribution in [3.8, 4) is 11.1 Å². The Bertz CT molecular complexity index is 4130. The Morgan fingerprint density at radius 2 is 1.59 bits per heavy atom. The Kier molecular flexibility index (Phi) is 23.8. The number of amides is 8. The molecule has 4 aromatic heterocycles. The van der Waals surface area contributed by atoms with Gasteiger partial charge in [0.25, 0.3) is 11.8 Å². The number of benzene rings is 2. The molecule has 2 unspecified atom stereocenters. The van der Waals surface area contributed by atoms with Crippen LogP contribution in [0.25, 0.3) is 21.3 Å². The predicted molar refractivity (Wildman–Crippen MR) is 388 cm³/mol. The third-order valence-corrected chi connectivity index (χ3v) is 21.5. The van der Waals surface area contributed by atoms with Crippen LogP contribution < -0.4 is 37.2 Å². The van der Waals surface area contributed by atoms with E-state index in [1.54, 1.807) is 55.6 Å². The summed E-state index contributed by atoms with van der Waals surface area (Å²) in [6, 6.07) is 16.8. The lowest BCUT2D eigenvalue weighted by atomic mass is 9.39. The van der Waals surface area contributed by atoms with Gasteiger partial charge in [0.05, 0.1) is 61.1 Å². The molecule has 0 saturated heterocycles. The summed E-state index contributed by atoms with van der Waals surface area (Å²) in [4.78, 5) is 116. The minimum absolute atomic E-state index is 0.00505. The Morgan fingerprint density at radius 3 is 2.30 bits per heavy atom. The van der Waals surface area contributed by atoms with Gasteiger partial charge in [-0.3, -0.25) is 33.6 Å². The van der Waals surface area contributed by atoms with Gasteiger partial charge in [-0.25, -0.2) is 24.4 Å². The molecular weight excluding hydrogens is 1350 g/mol. The zero-order valence-corrected chi connectivity index (χ0v) is 60.7. The number of carboxylic acid groups (broad SMARTS) is 1. The molecule has 29 nitrogen and oxygen atoms in total. The van der Waals surface area contributed by atoms with Crippen LogP contribution in [0.2, 0.25) is 0 Å². The smallest absolute Gasteiger partial charge is 0.410 e. The van der Waals surface area contributed by atoms with E-state index in [4.69, 9.17) is 35.0 Å². The molecule has 556 valence electrons. The van der Waals surface area contributed by atoms with E-state index in [1.807, 2.05) is 59.8 Å². The van der Waals surface area contributed by atoms with Gasteiger partial charge in [-0.1, -0.05) is 63.3 Å². The lowest BCUT2D eigenvalue weighted by Crippen LogP contribution is -2.64. The molecule has 4 bridgehead atoms. The lowest BCUT2D eigenvalue weighted by molar-refractivity contribution is -0.248. The number of aromatic carboxylic acids is 1. The maximum Gasteiger partial charge on any atom is 0.410 e. The normalized spacial score (nSPS) is 21.0. The summed E-state index contributed by atoms with van der Waals surface area (Å²) in [6.45, 7) is 13.6. The third-order valence-electron chi connectivity index (χ3n) is 20.6. The van der Waals surface area contributed by atoms with Gasteiger partial charge in [-0.2, -0.15) is 5.10 Å². The molecule has 2 aromatic carbocycles. The fourth-order valence-electron chi connectivity index (χ4n) is 16.8. The van der Waals surface area contributed by atoms with Crippen LogP contribution in [0, 0.1) is 41.9 Å². The van der Waals surface area contributed by atoms with Crippen LogP contribution in [0.5, 0.6) is 0 Å². The molecule has 6 heterocycles. The van der Waals surface area contributed by atoms with Gasteiger partial charge in [-0.05, 0) is 155 Å². The van der Waals surface area contributed by atoms with E-state index in [0.29, 0.717) is 65.8 Å². The van der Waals surface area contributed by atoms with Crippen molar-refractivity contribution in [1.29, 1.82) is 0 Å². The number of ether oxygens (including phenoxy) is 3. The van der Waals surface area contributed by atoms with Gasteiger partial charge in [0.15, 0.2) is 22.5 Å². The number of para-hydroxylation sites is 1. The number of rotatable bonds is 35. The van der Waals surface area contributed by atoms with Crippen LogP contribution in [-0.4, -0.2) is 186 Å². The Balaban J connectivity index is 0.681. The Morgan fingerprint density at radius 1 is 0.837 bits per heavy atom. The van der Waals surface area contributed by atoms with E-state index in [0.717, 1.165) is 88.4 Å². The standard InChI is InChI=1S/C74H95N15O14S/c1-45(2)62(82-58(92)24-30-101-31-29-88-60(94)21-22-61(88)95)66(96)77-34-49(11-9-25-76-68(75)99)33-59(93)79-50-17-15-48(16-18-50)37-102-70(100)86(27-23-51(91)36-90)28-32-103-74-41-71(5)38-72(6,42-74)40-73(39-71,43-74)44-89-47(4)54(35-78-89)53-19-20-57(81-63(53)67(97)98)87-26-10-12-52-46(3)64(84-85-65(52)87)83-69-80-55-13-7-8-14-56(55)104-69/h7-8,13-22,35,45,49,51,62,90-91H,9-12,23-34,36-44H2,1-6H3,(H,77,96)(H,79,93)(H,82,92)(H,97,98)(H3,75,76,99)(H,80,83,84)/t49-,51-,62-,71-,72+,73?,74?/m0/s1. The molecule has 6 aromatic rings. The summed E-state index contributed by atoms with van der Waals surface area (Å²) in [5.41, 5.74) is 10.3. The second-order valence-electron chi connectivity index (χ2n) is 29.7. The largest absolute Gasteiger partial charge is 0.476 e. The SMILES string of the molecule is Cc1c(Nc2nc3ccccc3s2)nnc2c1CCCN2c1ccc(-c2cnn(CC34CC5(OCCN(CC[C@H](O)CO)C(=O)OCc6ccc(NC(=O)C[C@H](CCCNC(N)=O)CNC(=O)[C@@H](NC(=O)CCOCCN7C(=O)C=CC7=O)C(C)C)cc6)C[C@](C)(C3)C[C@](C)(C4)C5)c2C)c(C(=O)O)n1. The molecule has 6 aliphatic rings. The molecule has 12 rings (SSSR count). The Hall–Kier alpha value is -9.49. The molecule has 8 amide bonds. The van der Waals surface area contributed by atoms with Gasteiger partial charge in [0, 0.05) is 97.9 Å². The summed E-state index contributed by atoms with van der Waals surface area (Å²) in [7, 11) is 0. The number of anilines is 5. The van der Waals surface area contributed by atoms with Crippen LogP contribution >= 0.6 is 11.3 Å². The summed E-state index contributed by atoms with van der Waals surface area (Å²) in [5.74, 6) is -2.25. The summed E-state index contributed by atoms with van der Waals surface area (Å²) in [6.07, 6.45) is 10.2. The van der Waals surface area contributed by atoms with Gasteiger partial charge in [0.2, 0.25) is 17.7 Å². The molecular formula is C74H95N15O14S. The highest BCUT2D eigenvalue weighted by atomic mass is 32.1. The molecule has 2 aliphatic heterocycles. The maximum absolute atomic E-state index is 14.0. The van der Waals surface area contributed by atoms with E-state index >= 15 is 0 Å². The molecule has 4 saturated carbocycles. The number of thiazole rings is 1. The van der Waals surface area contributed by atoms with Crippen LogP contribution in [0.1, 0.15) is 138 Å². The first-order valence-electron chi connectivity index (χ1n) is 35.7. The number of aliphatic hydroxyl groups excluding tert-OH is 2. The highest BCUT2D eigenvalue weighted by molar-refractivity contribution is 7.22. The first-order chi connectivity index (χ1) is 49.7. The number of nitrogens with zero attached hydrogens (tertiary/aromatic N) is 9. The maximum atomic E-state index is 14.0. The summed E-state index contributed by atoms with van der Waals surface area (Å²) < 4.78 is 21.5. The quantitative estimate of drug-likeness (QED) is 0.0134. The van der Waals surface area contributed by atoms with Crippen molar-refractivity contribution in [3.05, 3.63) is 107 Å². The number of hydrogen-bond acceptors (Lipinski definition) is 21. The summed E-state index contributed by atoms with van der Waals surface area (Å²) >= 11 is 1.54. The second kappa shape index (κ2) is 32.7. The first-order valence-corrected chi connectivity index (χ1v) is 36.5. The van der Waals surface area contributed by atoms with Crippen LogP contribution in [0.4, 0.5) is 37.9 Å². The van der Waals surface area contributed by atoms with E-state index < -0.39 is 66.1 Å². The van der Waals surface area contributed by atoms with Crippen molar-refractivity contribution in [2.45, 2.75) is 156 Å². The number of carboxylic acids is 1. The second-order valence-corrected chi connectivity index (χ2v) is 30.7. The molecule has 7 atom stereocenters. The minimum atomic E-state index is -1.16. The van der Waals surface area contributed by atoms with Crippen molar-refractivity contribution < 1.29 is 67.9 Å². The number of urea groups is 1. The molecule has 4 aliphatic carbocycles. The van der Waals surface area contributed by atoms with Crippen molar-refractivity contribution in [3.63, 3.8) is 0 Å². The number of imide groups is 1. The number of hydrogen-bond donors (Lipinski definition) is 9. The average Bonchev–Trinajstić information content (AvgIpc) is 0.702. The molecule has 0 radical (unpaired) electrons. The Labute approximate surface area is 607 Å². The predicted octanol–water partition coefficient (Wildman–Crippen LogP) is 7.99. The van der Waals surface area contributed by atoms with Crippen LogP contribution in [0.15, 0.2) is 79.0 Å². The zero-order chi connectivity index (χ0) is 74.1. The minimum Gasteiger partial charge on any atom is -0.476 e. The third kappa shape index (κ3) is 18.3. The van der Waals surface area contributed by atoms with Crippen LogP contribution in [0.3, 0.4) is 0 Å². The van der Waals surface area contributed by atoms with Crippen molar-refractivity contribution in [2.75, 3.05) is 81.2 Å². The van der Waals surface area contributed by atoms with Crippen molar-refractivity contribution >= 4 is 97.5 Å². The number of primary amides is 1. The lowest BCUT2D eigenvalue weighted by Gasteiger charge is -2.69. The topological polar surface area (TPSA) is 390 Å². The molecule has 10 N–H and O–H groups in total. The van der Waals surface area contributed by atoms with E-state index in [1.165, 1.54) is 17.1 Å². The molecule has 0 spiro atoms. The van der Waals surface area contributed by atoms with E-state index in [9.17, 15) is 53.7 Å². The number of pyridine rings is 1. The number of aliphatic hydroxyl groups is 2. The molecule has 4 fully saturated rings. The zero-order valence-electron chi connectivity index (χ0n) is 59.8. The molecule has 104 heavy (non-hydrogen) atoms. The van der Waals surface area contributed by atoms with Gasteiger partial charge < -0.3 is 71.6 Å². The average molecular weight is 1450 g/mol. The summed E-state index contributed by atoms with van der Waals surface area (Å²) in [5, 5.41) is 60.4. The highest BCUT2D eigenvalue weighted by Crippen LogP contribution is 2.72. The number of nitrogens with one attached hydrogen (secondary N) is 5. The van der Waals surface area contributed by atoms with Crippen molar-refractivity contribution in [1.82, 2.24) is 55.7 Å². The van der Waals surface area contributed by atoms with E-state index in [-0.39, 0.29) is 118 Å². The van der Waals surface area contributed by atoms with Gasteiger partial charge in [-0.15, -0.1) is 10.2 Å². The number of carbonyl (C=O) groups excluding carboxylic acids is 7. The highest BCUT2D eigenvalue weighted by Gasteiger charge is 2.66. The number of fused-ring (bicyclic) bond motifs is 2. The fraction of sp³-hybridized carbons (Fsp3) is 0.527. The van der Waals surface area contributed by atoms with E-state index in [2.05, 4.69) is 50.6 Å². The number of aromatic nitrogens is 6. The van der Waals surface area contributed by atoms with Gasteiger partial charge in [0.1, 0.15) is 18.5 Å². The van der Waals surface area contributed by atoms with Gasteiger partial charge >= 0.3 is 18.1 Å². The molecule has 30 heteroatoms.